The maximum absolute atomic E-state index is 13.0. The molecule has 2 fully saturated rings. The van der Waals surface area contributed by atoms with Crippen LogP contribution in [0.2, 0.25) is 0 Å². The van der Waals surface area contributed by atoms with Crippen LogP contribution in [0.1, 0.15) is 31.2 Å². The Labute approximate surface area is 212 Å². The highest BCUT2D eigenvalue weighted by molar-refractivity contribution is 7.89. The zero-order valence-corrected chi connectivity index (χ0v) is 21.2. The quantitative estimate of drug-likeness (QED) is 0.407. The number of non-ortho nitro benzene ring substituents is 1. The monoisotopic (exact) mass is 514 g/mol. The number of hydrogen-bond donors (Lipinski definition) is 1. The van der Waals surface area contributed by atoms with Crippen molar-refractivity contribution in [1.29, 1.82) is 0 Å². The van der Waals surface area contributed by atoms with E-state index in [1.807, 2.05) is 6.07 Å². The van der Waals surface area contributed by atoms with Gasteiger partial charge in [0.15, 0.2) is 0 Å². The van der Waals surface area contributed by atoms with E-state index < -0.39 is 20.9 Å². The van der Waals surface area contributed by atoms with Gasteiger partial charge in [0.1, 0.15) is 0 Å². The molecular formula is C26H34N4O5S. The molecule has 4 rings (SSSR count). The summed E-state index contributed by atoms with van der Waals surface area (Å²) in [5.41, 5.74) is 1.23. The van der Waals surface area contributed by atoms with Gasteiger partial charge in [-0.2, -0.15) is 4.31 Å². The molecule has 2 aliphatic heterocycles. The van der Waals surface area contributed by atoms with Crippen LogP contribution in [0.3, 0.4) is 0 Å². The summed E-state index contributed by atoms with van der Waals surface area (Å²) in [4.78, 5) is 25.5. The minimum atomic E-state index is -3.81. The number of piperidine rings is 2. The van der Waals surface area contributed by atoms with Gasteiger partial charge >= 0.3 is 0 Å². The van der Waals surface area contributed by atoms with Crippen molar-refractivity contribution in [2.75, 3.05) is 39.3 Å². The van der Waals surface area contributed by atoms with Crippen molar-refractivity contribution in [3.05, 3.63) is 70.3 Å². The summed E-state index contributed by atoms with van der Waals surface area (Å²) in [6, 6.07) is 15.5. The van der Waals surface area contributed by atoms with Crippen molar-refractivity contribution in [1.82, 2.24) is 14.5 Å². The largest absolute Gasteiger partial charge is 0.355 e. The van der Waals surface area contributed by atoms with Crippen molar-refractivity contribution >= 4 is 21.6 Å². The van der Waals surface area contributed by atoms with Gasteiger partial charge in [-0.05, 0) is 68.8 Å². The average molecular weight is 515 g/mol. The number of nitrogens with one attached hydrogen (secondary N) is 1. The number of hydrogen-bond acceptors (Lipinski definition) is 6. The van der Waals surface area contributed by atoms with E-state index >= 15 is 0 Å². The van der Waals surface area contributed by atoms with Crippen LogP contribution in [-0.4, -0.2) is 67.7 Å². The number of carbonyl (C=O) groups is 1. The highest BCUT2D eigenvalue weighted by Crippen LogP contribution is 2.25. The summed E-state index contributed by atoms with van der Waals surface area (Å²) in [6.07, 6.45) is 4.66. The smallest absolute Gasteiger partial charge is 0.269 e. The molecule has 2 saturated heterocycles. The number of benzene rings is 2. The molecule has 36 heavy (non-hydrogen) atoms. The Morgan fingerprint density at radius 2 is 1.69 bits per heavy atom. The molecule has 1 unspecified atom stereocenters. The van der Waals surface area contributed by atoms with Gasteiger partial charge < -0.3 is 10.2 Å². The first-order valence-electron chi connectivity index (χ1n) is 12.6. The third-order valence-corrected chi connectivity index (χ3v) is 9.12. The van der Waals surface area contributed by atoms with Gasteiger partial charge in [0, 0.05) is 38.3 Å². The Bertz CT molecular complexity index is 1130. The van der Waals surface area contributed by atoms with Gasteiger partial charge in [0.2, 0.25) is 15.9 Å². The first-order valence-corrected chi connectivity index (χ1v) is 14.1. The molecule has 1 amide bonds. The molecular weight excluding hydrogens is 480 g/mol. The number of nitrogens with zero attached hydrogens (tertiary/aromatic N) is 3. The van der Waals surface area contributed by atoms with Crippen molar-refractivity contribution in [2.45, 2.75) is 37.0 Å². The molecule has 2 aromatic carbocycles. The Balaban J connectivity index is 1.21. The van der Waals surface area contributed by atoms with Gasteiger partial charge in [-0.15, -0.1) is 0 Å². The van der Waals surface area contributed by atoms with Gasteiger partial charge in [0.05, 0.1) is 15.7 Å². The minimum absolute atomic E-state index is 0.00447. The summed E-state index contributed by atoms with van der Waals surface area (Å²) in [5.74, 6) is 0.185. The van der Waals surface area contributed by atoms with Crippen LogP contribution in [0, 0.1) is 22.0 Å². The van der Waals surface area contributed by atoms with Crippen LogP contribution in [0.5, 0.6) is 0 Å². The van der Waals surface area contributed by atoms with E-state index in [9.17, 15) is 23.3 Å². The second-order valence-electron chi connectivity index (χ2n) is 9.72. The molecule has 0 saturated carbocycles. The molecule has 0 aliphatic carbocycles. The van der Waals surface area contributed by atoms with Crippen molar-refractivity contribution in [3.63, 3.8) is 0 Å². The highest BCUT2D eigenvalue weighted by Gasteiger charge is 2.33. The zero-order chi connectivity index (χ0) is 25.5. The number of nitro benzene ring substituents is 1. The molecule has 10 heteroatoms. The van der Waals surface area contributed by atoms with E-state index in [0.717, 1.165) is 38.9 Å². The summed E-state index contributed by atoms with van der Waals surface area (Å²) >= 11 is 0. The Kier molecular flexibility index (Phi) is 8.71. The molecule has 0 aromatic heterocycles. The molecule has 2 aromatic rings. The summed E-state index contributed by atoms with van der Waals surface area (Å²) in [5, 5.41) is 13.9. The van der Waals surface area contributed by atoms with E-state index in [0.29, 0.717) is 31.8 Å². The van der Waals surface area contributed by atoms with E-state index in [-0.39, 0.29) is 23.0 Å². The van der Waals surface area contributed by atoms with Crippen LogP contribution in [0.15, 0.2) is 59.5 Å². The zero-order valence-electron chi connectivity index (χ0n) is 20.4. The summed E-state index contributed by atoms with van der Waals surface area (Å²) in [7, 11) is -3.81. The lowest BCUT2D eigenvalue weighted by Crippen LogP contribution is -2.47. The second kappa shape index (κ2) is 11.9. The van der Waals surface area contributed by atoms with Crippen molar-refractivity contribution < 1.29 is 18.1 Å². The molecule has 194 valence electrons. The lowest BCUT2D eigenvalue weighted by atomic mass is 9.90. The minimum Gasteiger partial charge on any atom is -0.355 e. The molecule has 1 atom stereocenters. The number of carbonyl (C=O) groups excluding carboxylic acids is 1. The van der Waals surface area contributed by atoms with Gasteiger partial charge in [-0.3, -0.25) is 14.9 Å². The lowest BCUT2D eigenvalue weighted by Gasteiger charge is -2.33. The Morgan fingerprint density at radius 3 is 2.36 bits per heavy atom. The van der Waals surface area contributed by atoms with Crippen LogP contribution in [0.25, 0.3) is 0 Å². The van der Waals surface area contributed by atoms with Gasteiger partial charge in [-0.1, -0.05) is 30.3 Å². The first-order chi connectivity index (χ1) is 17.3. The maximum Gasteiger partial charge on any atom is 0.269 e. The fourth-order valence-corrected chi connectivity index (χ4v) is 6.63. The van der Waals surface area contributed by atoms with Crippen LogP contribution in [0.4, 0.5) is 5.69 Å². The number of likely N-dealkylation sites (tertiary alicyclic amines) is 1. The van der Waals surface area contributed by atoms with Gasteiger partial charge in [-0.25, -0.2) is 8.42 Å². The number of nitro groups is 1. The average Bonchev–Trinajstić information content (AvgIpc) is 2.90. The van der Waals surface area contributed by atoms with Crippen LogP contribution >= 0.6 is 0 Å². The van der Waals surface area contributed by atoms with Crippen molar-refractivity contribution in [2.24, 2.45) is 11.8 Å². The molecule has 0 bridgehead atoms. The maximum atomic E-state index is 13.0. The molecule has 2 aliphatic rings. The molecule has 0 radical (unpaired) electrons. The topological polar surface area (TPSA) is 113 Å². The van der Waals surface area contributed by atoms with Crippen molar-refractivity contribution in [3.8, 4) is 0 Å². The normalized spacial score (nSPS) is 20.2. The summed E-state index contributed by atoms with van der Waals surface area (Å²) < 4.78 is 27.4. The SMILES string of the molecule is O=C(NCCN1CCC(Cc2ccccc2)CC1)C1CCCN(S(=O)(=O)c2ccc([N+](=O)[O-])cc2)C1. The lowest BCUT2D eigenvalue weighted by molar-refractivity contribution is -0.384. The van der Waals surface area contributed by atoms with Crippen LogP contribution < -0.4 is 5.32 Å². The van der Waals surface area contributed by atoms with E-state index in [1.54, 1.807) is 0 Å². The van der Waals surface area contributed by atoms with E-state index in [4.69, 9.17) is 0 Å². The van der Waals surface area contributed by atoms with E-state index in [1.165, 1.54) is 34.1 Å². The fraction of sp³-hybridized carbons (Fsp3) is 0.500. The predicted molar refractivity (Wildman–Crippen MR) is 137 cm³/mol. The number of amides is 1. The molecule has 2 heterocycles. The molecule has 9 nitrogen and oxygen atoms in total. The fourth-order valence-electron chi connectivity index (χ4n) is 5.11. The van der Waals surface area contributed by atoms with E-state index in [2.05, 4.69) is 34.5 Å². The number of rotatable bonds is 9. The predicted octanol–water partition coefficient (Wildman–Crippen LogP) is 3.07. The third kappa shape index (κ3) is 6.68. The third-order valence-electron chi connectivity index (χ3n) is 7.24. The molecule has 0 spiro atoms. The second-order valence-corrected chi connectivity index (χ2v) is 11.7. The first kappa shape index (κ1) is 26.2. The Morgan fingerprint density at radius 1 is 1.00 bits per heavy atom. The Hall–Kier alpha value is -2.82. The van der Waals surface area contributed by atoms with Crippen LogP contribution in [-0.2, 0) is 21.2 Å². The molecule has 1 N–H and O–H groups in total. The highest BCUT2D eigenvalue weighted by atomic mass is 32.2. The number of sulfonamides is 1. The standard InChI is InChI=1S/C26H34N4O5S/c31-26(27-14-18-28-16-12-22(13-17-28)19-21-5-2-1-3-6-21)23-7-4-15-29(20-23)36(34,35)25-10-8-24(9-11-25)30(32)33/h1-3,5-6,8-11,22-23H,4,7,12-20H2,(H,27,31). The summed E-state index contributed by atoms with van der Waals surface area (Å²) in [6.45, 7) is 3.85. The van der Waals surface area contributed by atoms with Gasteiger partial charge in [0.25, 0.3) is 5.69 Å².